The fourth-order valence-corrected chi connectivity index (χ4v) is 3.55. The monoisotopic (exact) mass is 414 g/mol. The van der Waals surface area contributed by atoms with Gasteiger partial charge in [0.25, 0.3) is 11.8 Å². The van der Waals surface area contributed by atoms with Crippen molar-refractivity contribution < 1.29 is 14.3 Å². The Morgan fingerprint density at radius 2 is 1.76 bits per heavy atom. The number of hydrogen-bond acceptors (Lipinski definition) is 3. The first-order valence-corrected chi connectivity index (χ1v) is 10.4. The van der Waals surface area contributed by atoms with Crippen LogP contribution in [0.15, 0.2) is 42.5 Å². The molecule has 0 saturated heterocycles. The summed E-state index contributed by atoms with van der Waals surface area (Å²) in [6.07, 6.45) is 4.99. The van der Waals surface area contributed by atoms with Crippen LogP contribution in [0.5, 0.6) is 5.75 Å². The summed E-state index contributed by atoms with van der Waals surface area (Å²) in [6, 6.07) is 12.5. The minimum atomic E-state index is -0.697. The Morgan fingerprint density at radius 3 is 2.41 bits per heavy atom. The van der Waals surface area contributed by atoms with Gasteiger partial charge in [-0.2, -0.15) is 0 Å². The van der Waals surface area contributed by atoms with Crippen molar-refractivity contribution in [3.05, 3.63) is 58.6 Å². The van der Waals surface area contributed by atoms with Crippen molar-refractivity contribution in [3.8, 4) is 5.75 Å². The van der Waals surface area contributed by atoms with Gasteiger partial charge in [-0.3, -0.25) is 9.59 Å². The van der Waals surface area contributed by atoms with Crippen LogP contribution in [-0.4, -0.2) is 24.0 Å². The first-order valence-electron chi connectivity index (χ1n) is 10.1. The summed E-state index contributed by atoms with van der Waals surface area (Å²) in [5, 5.41) is 6.48. The van der Waals surface area contributed by atoms with Gasteiger partial charge in [0.15, 0.2) is 6.10 Å². The van der Waals surface area contributed by atoms with E-state index in [0.29, 0.717) is 22.0 Å². The molecule has 2 amide bonds. The molecule has 1 aliphatic rings. The Kier molecular flexibility index (Phi) is 7.15. The molecule has 154 valence electrons. The van der Waals surface area contributed by atoms with Gasteiger partial charge in [-0.1, -0.05) is 36.9 Å². The average molecular weight is 415 g/mol. The summed E-state index contributed by atoms with van der Waals surface area (Å²) < 4.78 is 5.71. The third-order valence-electron chi connectivity index (χ3n) is 5.18. The molecule has 0 bridgehead atoms. The van der Waals surface area contributed by atoms with Crippen molar-refractivity contribution in [3.63, 3.8) is 0 Å². The average Bonchev–Trinajstić information content (AvgIpc) is 2.72. The summed E-state index contributed by atoms with van der Waals surface area (Å²) in [5.41, 5.74) is 2.16. The maximum atomic E-state index is 12.4. The number of amides is 2. The highest BCUT2D eigenvalue weighted by Crippen LogP contribution is 2.21. The zero-order valence-electron chi connectivity index (χ0n) is 16.8. The molecule has 0 heterocycles. The van der Waals surface area contributed by atoms with Gasteiger partial charge in [0.05, 0.1) is 0 Å². The Morgan fingerprint density at radius 1 is 1.07 bits per heavy atom. The molecule has 29 heavy (non-hydrogen) atoms. The van der Waals surface area contributed by atoms with Gasteiger partial charge < -0.3 is 15.4 Å². The molecule has 0 spiro atoms. The maximum absolute atomic E-state index is 12.4. The summed E-state index contributed by atoms with van der Waals surface area (Å²) in [6.45, 7) is 3.58. The smallest absolute Gasteiger partial charge is 0.265 e. The van der Waals surface area contributed by atoms with Crippen LogP contribution in [0.3, 0.4) is 0 Å². The second-order valence-electron chi connectivity index (χ2n) is 7.55. The normalized spacial score (nSPS) is 15.4. The zero-order chi connectivity index (χ0) is 20.8. The lowest BCUT2D eigenvalue weighted by atomic mass is 9.95. The Labute approximate surface area is 176 Å². The molecule has 3 rings (SSSR count). The summed E-state index contributed by atoms with van der Waals surface area (Å²) >= 11 is 6.09. The molecule has 2 aromatic carbocycles. The van der Waals surface area contributed by atoms with Crippen molar-refractivity contribution in [2.24, 2.45) is 0 Å². The molecule has 2 N–H and O–H groups in total. The molecule has 1 atom stereocenters. The van der Waals surface area contributed by atoms with Crippen LogP contribution in [0.1, 0.15) is 54.9 Å². The summed E-state index contributed by atoms with van der Waals surface area (Å²) in [4.78, 5) is 24.7. The molecule has 0 radical (unpaired) electrons. The van der Waals surface area contributed by atoms with E-state index in [1.807, 2.05) is 13.0 Å². The van der Waals surface area contributed by atoms with Crippen molar-refractivity contribution in [1.29, 1.82) is 0 Å². The van der Waals surface area contributed by atoms with E-state index in [4.69, 9.17) is 16.3 Å². The number of carbonyl (C=O) groups is 2. The number of benzene rings is 2. The van der Waals surface area contributed by atoms with Gasteiger partial charge >= 0.3 is 0 Å². The van der Waals surface area contributed by atoms with Gasteiger partial charge in [0, 0.05) is 22.3 Å². The number of nitrogens with one attached hydrogen (secondary N) is 2. The van der Waals surface area contributed by atoms with Crippen LogP contribution in [-0.2, 0) is 4.79 Å². The molecular formula is C23H27ClN2O3. The van der Waals surface area contributed by atoms with Crippen LogP contribution in [0.25, 0.3) is 0 Å². The van der Waals surface area contributed by atoms with Crippen LogP contribution < -0.4 is 15.4 Å². The number of halogens is 1. The van der Waals surface area contributed by atoms with E-state index < -0.39 is 6.10 Å². The van der Waals surface area contributed by atoms with E-state index >= 15 is 0 Å². The highest BCUT2D eigenvalue weighted by molar-refractivity contribution is 6.31. The van der Waals surface area contributed by atoms with Gasteiger partial charge in [0.1, 0.15) is 5.75 Å². The second-order valence-corrected chi connectivity index (χ2v) is 7.95. The maximum Gasteiger partial charge on any atom is 0.265 e. The molecule has 5 nitrogen and oxygen atoms in total. The van der Waals surface area contributed by atoms with Crippen molar-refractivity contribution >= 4 is 29.1 Å². The predicted molar refractivity (Wildman–Crippen MR) is 116 cm³/mol. The van der Waals surface area contributed by atoms with E-state index in [1.165, 1.54) is 19.3 Å². The molecule has 0 aromatic heterocycles. The number of hydrogen-bond donors (Lipinski definition) is 2. The third kappa shape index (κ3) is 5.97. The topological polar surface area (TPSA) is 67.4 Å². The van der Waals surface area contributed by atoms with Gasteiger partial charge in [-0.25, -0.2) is 0 Å². The second kappa shape index (κ2) is 9.79. The Bertz CT molecular complexity index is 861. The quantitative estimate of drug-likeness (QED) is 0.689. The lowest BCUT2D eigenvalue weighted by Crippen LogP contribution is -2.36. The molecule has 0 aliphatic heterocycles. The van der Waals surface area contributed by atoms with Crippen LogP contribution >= 0.6 is 11.6 Å². The molecule has 0 unspecified atom stereocenters. The Hall–Kier alpha value is -2.53. The largest absolute Gasteiger partial charge is 0.481 e. The van der Waals surface area contributed by atoms with Crippen molar-refractivity contribution in [2.45, 2.75) is 58.1 Å². The molecule has 1 fully saturated rings. The lowest BCUT2D eigenvalue weighted by molar-refractivity contribution is -0.122. The summed E-state index contributed by atoms with van der Waals surface area (Å²) in [5.74, 6) is 0.193. The molecule has 6 heteroatoms. The summed E-state index contributed by atoms with van der Waals surface area (Å²) in [7, 11) is 0. The first-order chi connectivity index (χ1) is 13.9. The van der Waals surface area contributed by atoms with Crippen molar-refractivity contribution in [1.82, 2.24) is 5.32 Å². The van der Waals surface area contributed by atoms with E-state index in [-0.39, 0.29) is 17.9 Å². The molecule has 1 aliphatic carbocycles. The molecule has 2 aromatic rings. The molecule has 1 saturated carbocycles. The van der Waals surface area contributed by atoms with Crippen LogP contribution in [0.4, 0.5) is 5.69 Å². The van der Waals surface area contributed by atoms with E-state index in [9.17, 15) is 9.59 Å². The standard InChI is InChI=1S/C23H27ClN2O3/c1-15-8-11-19(14-21(15)24)26-22(27)16(2)29-20-12-9-17(10-13-20)23(28)25-18-6-4-3-5-7-18/h8-14,16,18H,3-7H2,1-2H3,(H,25,28)(H,26,27)/t16-/m1/s1. The fourth-order valence-electron chi connectivity index (χ4n) is 3.37. The number of rotatable bonds is 6. The zero-order valence-corrected chi connectivity index (χ0v) is 17.6. The highest BCUT2D eigenvalue weighted by Gasteiger charge is 2.18. The third-order valence-corrected chi connectivity index (χ3v) is 5.59. The van der Waals surface area contributed by atoms with Crippen LogP contribution in [0, 0.1) is 6.92 Å². The number of carbonyl (C=O) groups excluding carboxylic acids is 2. The minimum absolute atomic E-state index is 0.0644. The van der Waals surface area contributed by atoms with Gasteiger partial charge in [0.2, 0.25) is 0 Å². The number of anilines is 1. The predicted octanol–water partition coefficient (Wildman–Crippen LogP) is 5.12. The first kappa shape index (κ1) is 21.2. The number of aryl methyl sites for hydroxylation is 1. The Balaban J connectivity index is 1.53. The molecular weight excluding hydrogens is 388 g/mol. The van der Waals surface area contributed by atoms with Gasteiger partial charge in [-0.05, 0) is 68.7 Å². The highest BCUT2D eigenvalue weighted by atomic mass is 35.5. The van der Waals surface area contributed by atoms with Crippen LogP contribution in [0.2, 0.25) is 5.02 Å². The number of ether oxygens (including phenoxy) is 1. The van der Waals surface area contributed by atoms with E-state index in [0.717, 1.165) is 18.4 Å². The van der Waals surface area contributed by atoms with Crippen molar-refractivity contribution in [2.75, 3.05) is 5.32 Å². The lowest BCUT2D eigenvalue weighted by Gasteiger charge is -2.22. The van der Waals surface area contributed by atoms with Gasteiger partial charge in [-0.15, -0.1) is 0 Å². The fraction of sp³-hybridized carbons (Fsp3) is 0.391. The minimum Gasteiger partial charge on any atom is -0.481 e. The SMILES string of the molecule is Cc1ccc(NC(=O)[C@@H](C)Oc2ccc(C(=O)NC3CCCCC3)cc2)cc1Cl. The van der Waals surface area contributed by atoms with E-state index in [2.05, 4.69) is 10.6 Å². The van der Waals surface area contributed by atoms with E-state index in [1.54, 1.807) is 43.3 Å².